The highest BCUT2D eigenvalue weighted by Crippen LogP contribution is 2.67. The number of carbonyl (C=O) groups excluding carboxylic acids is 1. The van der Waals surface area contributed by atoms with Gasteiger partial charge in [0.25, 0.3) is 0 Å². The fourth-order valence-electron chi connectivity index (χ4n) is 3.83. The highest BCUT2D eigenvalue weighted by molar-refractivity contribution is 5.97. The molecule has 2 heteroatoms. The number of hydrogen-bond acceptors (Lipinski definition) is 2. The molecule has 0 saturated heterocycles. The molecule has 0 radical (unpaired) electrons. The molecule has 2 saturated carbocycles. The van der Waals surface area contributed by atoms with Crippen LogP contribution in [0.2, 0.25) is 0 Å². The lowest BCUT2D eigenvalue weighted by Gasteiger charge is -2.32. The number of aliphatic hydroxyl groups is 1. The van der Waals surface area contributed by atoms with Crippen molar-refractivity contribution in [2.45, 2.75) is 45.6 Å². The highest BCUT2D eigenvalue weighted by atomic mass is 16.3. The Morgan fingerprint density at radius 2 is 2.13 bits per heavy atom. The van der Waals surface area contributed by atoms with Gasteiger partial charge in [-0.3, -0.25) is 4.79 Å². The molecular weight excluding hydrogens is 188 g/mol. The number of ketones is 1. The Bertz CT molecular complexity index is 331. The molecule has 0 spiro atoms. The van der Waals surface area contributed by atoms with E-state index in [0.29, 0.717) is 6.42 Å². The third-order valence-corrected chi connectivity index (χ3v) is 5.15. The summed E-state index contributed by atoms with van der Waals surface area (Å²) in [5, 5.41) is 10.5. The molecule has 0 aromatic carbocycles. The number of Topliss-reactive ketones (excluding diaryl/α,β-unsaturated/α-hetero) is 1. The molecule has 0 unspecified atom stereocenters. The van der Waals surface area contributed by atoms with E-state index in [-0.39, 0.29) is 22.5 Å². The zero-order chi connectivity index (χ0) is 11.5. The Morgan fingerprint density at radius 1 is 1.53 bits per heavy atom. The van der Waals surface area contributed by atoms with Crippen molar-refractivity contribution in [2.75, 3.05) is 0 Å². The van der Waals surface area contributed by atoms with Crippen LogP contribution in [-0.4, -0.2) is 16.5 Å². The van der Waals surface area contributed by atoms with Crippen molar-refractivity contribution in [3.8, 4) is 0 Å². The first-order chi connectivity index (χ1) is 6.80. The van der Waals surface area contributed by atoms with Crippen LogP contribution < -0.4 is 0 Å². The molecule has 1 N–H and O–H groups in total. The number of hydrogen-bond donors (Lipinski definition) is 1. The fraction of sp³-hybridized carbons (Fsp3) is 0.769. The Kier molecular flexibility index (Phi) is 1.98. The summed E-state index contributed by atoms with van der Waals surface area (Å²) in [5.74, 6) is 0.136. The molecule has 0 heterocycles. The van der Waals surface area contributed by atoms with E-state index in [0.717, 1.165) is 12.8 Å². The van der Waals surface area contributed by atoms with Crippen molar-refractivity contribution in [2.24, 2.45) is 16.7 Å². The first-order valence-corrected chi connectivity index (χ1v) is 5.69. The minimum atomic E-state index is -1.14. The van der Waals surface area contributed by atoms with Crippen molar-refractivity contribution < 1.29 is 9.90 Å². The quantitative estimate of drug-likeness (QED) is 0.707. The molecule has 15 heavy (non-hydrogen) atoms. The summed E-state index contributed by atoms with van der Waals surface area (Å²) in [6.07, 6.45) is 3.94. The highest BCUT2D eigenvalue weighted by Gasteiger charge is 2.72. The normalized spacial score (nSPS) is 47.2. The Balaban J connectivity index is 2.51. The van der Waals surface area contributed by atoms with E-state index in [4.69, 9.17) is 0 Å². The van der Waals surface area contributed by atoms with E-state index < -0.39 is 5.60 Å². The van der Waals surface area contributed by atoms with Crippen molar-refractivity contribution in [3.05, 3.63) is 12.7 Å². The summed E-state index contributed by atoms with van der Waals surface area (Å²) in [6, 6.07) is 0. The molecule has 2 nitrogen and oxygen atoms in total. The molecule has 2 fully saturated rings. The minimum absolute atomic E-state index is 0.0381. The van der Waals surface area contributed by atoms with Gasteiger partial charge in [-0.25, -0.2) is 0 Å². The molecule has 2 rings (SSSR count). The monoisotopic (exact) mass is 208 g/mol. The van der Waals surface area contributed by atoms with Crippen LogP contribution in [0.25, 0.3) is 0 Å². The van der Waals surface area contributed by atoms with Crippen LogP contribution in [-0.2, 0) is 4.79 Å². The van der Waals surface area contributed by atoms with Gasteiger partial charge in [0.15, 0.2) is 5.78 Å². The fourth-order valence-corrected chi connectivity index (χ4v) is 3.83. The topological polar surface area (TPSA) is 37.3 Å². The molecule has 0 aromatic heterocycles. The second-order valence-electron chi connectivity index (χ2n) is 5.89. The van der Waals surface area contributed by atoms with Gasteiger partial charge in [0, 0.05) is 17.8 Å². The molecule has 0 aliphatic heterocycles. The van der Waals surface area contributed by atoms with Crippen LogP contribution in [0.3, 0.4) is 0 Å². The zero-order valence-corrected chi connectivity index (χ0v) is 9.84. The van der Waals surface area contributed by atoms with E-state index in [1.807, 2.05) is 6.92 Å². The number of fused-ring (bicyclic) bond motifs is 2. The van der Waals surface area contributed by atoms with E-state index in [1.54, 1.807) is 6.08 Å². The molecule has 0 amide bonds. The average molecular weight is 208 g/mol. The van der Waals surface area contributed by atoms with Crippen LogP contribution >= 0.6 is 0 Å². The standard InChI is InChI=1S/C13H20O2/c1-5-7-13(15)9-6-8-12(4,10(13)14)11(9,2)3/h5,9,15H,1,6-8H2,2-4H3/t9-,12-,13+/m1/s1. The average Bonchev–Trinajstić information content (AvgIpc) is 2.42. The largest absolute Gasteiger partial charge is 0.381 e. The summed E-state index contributed by atoms with van der Waals surface area (Å²) < 4.78 is 0. The predicted octanol–water partition coefficient (Wildman–Crippen LogP) is 2.32. The van der Waals surface area contributed by atoms with Gasteiger partial charge in [0.1, 0.15) is 5.60 Å². The molecular formula is C13H20O2. The van der Waals surface area contributed by atoms with E-state index in [1.165, 1.54) is 0 Å². The van der Waals surface area contributed by atoms with Gasteiger partial charge < -0.3 is 5.11 Å². The van der Waals surface area contributed by atoms with Gasteiger partial charge in [-0.15, -0.1) is 6.58 Å². The van der Waals surface area contributed by atoms with Crippen molar-refractivity contribution in [3.63, 3.8) is 0 Å². The van der Waals surface area contributed by atoms with Crippen LogP contribution in [0, 0.1) is 16.7 Å². The SMILES string of the molecule is C=CC[C@@]1(O)C(=O)[C@@]2(C)CC[C@@H]1C2(C)C. The van der Waals surface area contributed by atoms with Crippen molar-refractivity contribution in [1.82, 2.24) is 0 Å². The summed E-state index contributed by atoms with van der Waals surface area (Å²) in [5.41, 5.74) is -1.56. The first-order valence-electron chi connectivity index (χ1n) is 5.69. The van der Waals surface area contributed by atoms with Gasteiger partial charge in [-0.05, 0) is 18.3 Å². The van der Waals surface area contributed by atoms with E-state index >= 15 is 0 Å². The maximum absolute atomic E-state index is 12.3. The molecule has 3 atom stereocenters. The van der Waals surface area contributed by atoms with E-state index in [2.05, 4.69) is 20.4 Å². The molecule has 2 aliphatic rings. The molecule has 0 aromatic rings. The Morgan fingerprint density at radius 3 is 2.53 bits per heavy atom. The minimum Gasteiger partial charge on any atom is -0.381 e. The third-order valence-electron chi connectivity index (χ3n) is 5.15. The van der Waals surface area contributed by atoms with E-state index in [9.17, 15) is 9.90 Å². The second-order valence-corrected chi connectivity index (χ2v) is 5.89. The summed E-state index contributed by atoms with van der Waals surface area (Å²) in [6.45, 7) is 9.89. The lowest BCUT2D eigenvalue weighted by atomic mass is 9.70. The maximum Gasteiger partial charge on any atom is 0.171 e. The Hall–Kier alpha value is -0.630. The number of rotatable bonds is 2. The Labute approximate surface area is 91.4 Å². The van der Waals surface area contributed by atoms with Crippen LogP contribution in [0.15, 0.2) is 12.7 Å². The van der Waals surface area contributed by atoms with Crippen LogP contribution in [0.1, 0.15) is 40.0 Å². The van der Waals surface area contributed by atoms with Gasteiger partial charge in [-0.1, -0.05) is 26.8 Å². The lowest BCUT2D eigenvalue weighted by Crippen LogP contribution is -2.46. The lowest BCUT2D eigenvalue weighted by molar-refractivity contribution is -0.146. The third kappa shape index (κ3) is 0.963. The first kappa shape index (κ1) is 10.9. The van der Waals surface area contributed by atoms with Crippen LogP contribution in [0.5, 0.6) is 0 Å². The predicted molar refractivity (Wildman–Crippen MR) is 59.4 cm³/mol. The molecule has 84 valence electrons. The van der Waals surface area contributed by atoms with Crippen molar-refractivity contribution in [1.29, 1.82) is 0 Å². The summed E-state index contributed by atoms with van der Waals surface area (Å²) >= 11 is 0. The zero-order valence-electron chi connectivity index (χ0n) is 9.84. The van der Waals surface area contributed by atoms with Crippen molar-refractivity contribution >= 4 is 5.78 Å². The summed E-state index contributed by atoms with van der Waals surface area (Å²) in [7, 11) is 0. The second kappa shape index (κ2) is 2.73. The maximum atomic E-state index is 12.3. The van der Waals surface area contributed by atoms with Gasteiger partial charge >= 0.3 is 0 Å². The van der Waals surface area contributed by atoms with Gasteiger partial charge in [0.05, 0.1) is 0 Å². The summed E-state index contributed by atoms with van der Waals surface area (Å²) in [4.78, 5) is 12.3. The number of carbonyl (C=O) groups is 1. The molecule has 2 bridgehead atoms. The van der Waals surface area contributed by atoms with Gasteiger partial charge in [0.2, 0.25) is 0 Å². The van der Waals surface area contributed by atoms with Crippen LogP contribution in [0.4, 0.5) is 0 Å². The molecule has 2 aliphatic carbocycles. The smallest absolute Gasteiger partial charge is 0.171 e. The van der Waals surface area contributed by atoms with Gasteiger partial charge in [-0.2, -0.15) is 0 Å².